The Labute approximate surface area is 169 Å². The molecule has 0 saturated heterocycles. The molecule has 5 heteroatoms. The van der Waals surface area contributed by atoms with Crippen LogP contribution in [0.1, 0.15) is 35.7 Å². The van der Waals surface area contributed by atoms with E-state index < -0.39 is 0 Å². The van der Waals surface area contributed by atoms with Gasteiger partial charge < -0.3 is 9.30 Å². The predicted octanol–water partition coefficient (Wildman–Crippen LogP) is 4.49. The lowest BCUT2D eigenvalue weighted by molar-refractivity contribution is 0.305. The number of ether oxygens (including phenoxy) is 1. The van der Waals surface area contributed by atoms with Gasteiger partial charge in [-0.3, -0.25) is 9.36 Å². The number of aryl methyl sites for hydroxylation is 2. The van der Waals surface area contributed by atoms with E-state index in [1.54, 1.807) is 10.8 Å². The highest BCUT2D eigenvalue weighted by molar-refractivity contribution is 5.78. The summed E-state index contributed by atoms with van der Waals surface area (Å²) >= 11 is 0. The van der Waals surface area contributed by atoms with Gasteiger partial charge in [0.2, 0.25) is 0 Å². The minimum absolute atomic E-state index is 0.115. The molecule has 2 aromatic carbocycles. The zero-order valence-electron chi connectivity index (χ0n) is 16.6. The SMILES string of the molecule is Cc1ccc(COc2ccn(-c3ccc4nc(C5CC5)n(C)c4c3)c(=O)c2)cc1. The van der Waals surface area contributed by atoms with Gasteiger partial charge in [-0.05, 0) is 49.6 Å². The maximum atomic E-state index is 12.7. The summed E-state index contributed by atoms with van der Waals surface area (Å²) in [7, 11) is 2.05. The molecular weight excluding hydrogens is 362 g/mol. The summed E-state index contributed by atoms with van der Waals surface area (Å²) in [5.74, 6) is 2.30. The van der Waals surface area contributed by atoms with Gasteiger partial charge in [0.05, 0.1) is 16.7 Å². The summed E-state index contributed by atoms with van der Waals surface area (Å²) in [6, 6.07) is 17.5. The summed E-state index contributed by atoms with van der Waals surface area (Å²) in [5.41, 5.74) is 5.03. The standard InChI is InChI=1S/C24H23N3O2/c1-16-3-5-17(6-4-16)15-29-20-11-12-27(23(28)14-20)19-9-10-21-22(13-19)26(2)24(25-21)18-7-8-18/h3-6,9-14,18H,7-8,15H2,1-2H3. The summed E-state index contributed by atoms with van der Waals surface area (Å²) < 4.78 is 9.60. The molecule has 1 aliphatic rings. The van der Waals surface area contributed by atoms with Gasteiger partial charge in [-0.2, -0.15) is 0 Å². The van der Waals surface area contributed by atoms with Gasteiger partial charge in [0, 0.05) is 25.2 Å². The molecule has 5 rings (SSSR count). The van der Waals surface area contributed by atoms with Crippen LogP contribution in [0.5, 0.6) is 5.75 Å². The van der Waals surface area contributed by atoms with E-state index in [-0.39, 0.29) is 5.56 Å². The first-order chi connectivity index (χ1) is 14.1. The van der Waals surface area contributed by atoms with E-state index in [4.69, 9.17) is 9.72 Å². The van der Waals surface area contributed by atoms with Crippen LogP contribution < -0.4 is 10.3 Å². The Morgan fingerprint density at radius 1 is 1.07 bits per heavy atom. The number of pyridine rings is 1. The fourth-order valence-electron chi connectivity index (χ4n) is 3.67. The summed E-state index contributed by atoms with van der Waals surface area (Å²) in [4.78, 5) is 17.5. The van der Waals surface area contributed by atoms with Gasteiger partial charge in [-0.15, -0.1) is 0 Å². The van der Waals surface area contributed by atoms with Crippen molar-refractivity contribution in [3.63, 3.8) is 0 Å². The Balaban J connectivity index is 1.40. The highest BCUT2D eigenvalue weighted by Crippen LogP contribution is 2.40. The molecule has 0 amide bonds. The average molecular weight is 385 g/mol. The van der Waals surface area contributed by atoms with Gasteiger partial charge in [-0.1, -0.05) is 29.8 Å². The molecule has 0 atom stereocenters. The molecule has 1 saturated carbocycles. The van der Waals surface area contributed by atoms with Crippen LogP contribution in [0.25, 0.3) is 16.7 Å². The van der Waals surface area contributed by atoms with Crippen LogP contribution in [-0.4, -0.2) is 14.1 Å². The van der Waals surface area contributed by atoms with Crippen LogP contribution in [0.3, 0.4) is 0 Å². The number of aromatic nitrogens is 3. The van der Waals surface area contributed by atoms with E-state index in [0.29, 0.717) is 18.3 Å². The van der Waals surface area contributed by atoms with Crippen molar-refractivity contribution in [3.05, 3.63) is 88.1 Å². The van der Waals surface area contributed by atoms with E-state index in [1.165, 1.54) is 24.5 Å². The van der Waals surface area contributed by atoms with Gasteiger partial charge in [0.1, 0.15) is 18.2 Å². The molecule has 0 N–H and O–H groups in total. The third kappa shape index (κ3) is 3.44. The first kappa shape index (κ1) is 17.7. The quantitative estimate of drug-likeness (QED) is 0.509. The predicted molar refractivity (Wildman–Crippen MR) is 114 cm³/mol. The first-order valence-corrected chi connectivity index (χ1v) is 9.96. The summed E-state index contributed by atoms with van der Waals surface area (Å²) in [6.45, 7) is 2.49. The highest BCUT2D eigenvalue weighted by atomic mass is 16.5. The molecule has 2 heterocycles. The molecular formula is C24H23N3O2. The monoisotopic (exact) mass is 385 g/mol. The Morgan fingerprint density at radius 3 is 2.59 bits per heavy atom. The molecule has 146 valence electrons. The van der Waals surface area contributed by atoms with Crippen molar-refractivity contribution in [2.45, 2.75) is 32.3 Å². The van der Waals surface area contributed by atoms with Crippen molar-refractivity contribution in [1.82, 2.24) is 14.1 Å². The Morgan fingerprint density at radius 2 is 1.86 bits per heavy atom. The van der Waals surface area contributed by atoms with Crippen molar-refractivity contribution in [3.8, 4) is 11.4 Å². The number of hydrogen-bond acceptors (Lipinski definition) is 3. The van der Waals surface area contributed by atoms with Crippen molar-refractivity contribution in [2.75, 3.05) is 0 Å². The van der Waals surface area contributed by atoms with Crippen LogP contribution in [0.4, 0.5) is 0 Å². The molecule has 29 heavy (non-hydrogen) atoms. The van der Waals surface area contributed by atoms with E-state index in [9.17, 15) is 4.79 Å². The maximum Gasteiger partial charge on any atom is 0.258 e. The second-order valence-electron chi connectivity index (χ2n) is 7.82. The number of fused-ring (bicyclic) bond motifs is 1. The van der Waals surface area contributed by atoms with Gasteiger partial charge >= 0.3 is 0 Å². The molecule has 1 aliphatic carbocycles. The first-order valence-electron chi connectivity index (χ1n) is 9.96. The van der Waals surface area contributed by atoms with Crippen molar-refractivity contribution < 1.29 is 4.74 Å². The lowest BCUT2D eigenvalue weighted by Crippen LogP contribution is -2.16. The third-order valence-electron chi connectivity index (χ3n) is 5.54. The number of hydrogen-bond donors (Lipinski definition) is 0. The minimum Gasteiger partial charge on any atom is -0.489 e. The Hall–Kier alpha value is -3.34. The highest BCUT2D eigenvalue weighted by Gasteiger charge is 2.28. The van der Waals surface area contributed by atoms with E-state index in [1.807, 2.05) is 36.4 Å². The number of benzene rings is 2. The smallest absolute Gasteiger partial charge is 0.258 e. The molecule has 1 fully saturated rings. The van der Waals surface area contributed by atoms with E-state index >= 15 is 0 Å². The molecule has 2 aromatic heterocycles. The molecule has 0 radical (unpaired) electrons. The Bertz CT molecular complexity index is 1250. The summed E-state index contributed by atoms with van der Waals surface area (Å²) in [6.07, 6.45) is 4.20. The topological polar surface area (TPSA) is 49.0 Å². The molecule has 0 bridgehead atoms. The molecule has 0 spiro atoms. The summed E-state index contributed by atoms with van der Waals surface area (Å²) in [5, 5.41) is 0. The Kier molecular flexibility index (Phi) is 4.23. The number of nitrogens with zero attached hydrogens (tertiary/aromatic N) is 3. The van der Waals surface area contributed by atoms with Crippen molar-refractivity contribution in [1.29, 1.82) is 0 Å². The van der Waals surface area contributed by atoms with Crippen LogP contribution >= 0.6 is 0 Å². The number of imidazole rings is 1. The largest absolute Gasteiger partial charge is 0.489 e. The molecule has 4 aromatic rings. The average Bonchev–Trinajstić information content (AvgIpc) is 3.52. The van der Waals surface area contributed by atoms with Crippen LogP contribution in [0.15, 0.2) is 65.6 Å². The second-order valence-corrected chi connectivity index (χ2v) is 7.82. The molecule has 0 aliphatic heterocycles. The maximum absolute atomic E-state index is 12.7. The lowest BCUT2D eigenvalue weighted by atomic mass is 10.2. The fraction of sp³-hybridized carbons (Fsp3) is 0.250. The van der Waals surface area contributed by atoms with Crippen LogP contribution in [-0.2, 0) is 13.7 Å². The molecule has 0 unspecified atom stereocenters. The number of rotatable bonds is 5. The van der Waals surface area contributed by atoms with E-state index in [0.717, 1.165) is 28.1 Å². The van der Waals surface area contributed by atoms with Gasteiger partial charge in [-0.25, -0.2) is 4.98 Å². The van der Waals surface area contributed by atoms with Crippen LogP contribution in [0, 0.1) is 6.92 Å². The normalized spacial score (nSPS) is 13.7. The lowest BCUT2D eigenvalue weighted by Gasteiger charge is -2.10. The van der Waals surface area contributed by atoms with Crippen LogP contribution in [0.2, 0.25) is 0 Å². The minimum atomic E-state index is -0.115. The zero-order chi connectivity index (χ0) is 20.0. The van der Waals surface area contributed by atoms with Gasteiger partial charge in [0.25, 0.3) is 5.56 Å². The van der Waals surface area contributed by atoms with Gasteiger partial charge in [0.15, 0.2) is 0 Å². The van der Waals surface area contributed by atoms with Crippen molar-refractivity contribution in [2.24, 2.45) is 7.05 Å². The zero-order valence-corrected chi connectivity index (χ0v) is 16.6. The molecule has 5 nitrogen and oxygen atoms in total. The fourth-order valence-corrected chi connectivity index (χ4v) is 3.67. The van der Waals surface area contributed by atoms with Crippen molar-refractivity contribution >= 4 is 11.0 Å². The van der Waals surface area contributed by atoms with E-state index in [2.05, 4.69) is 30.7 Å². The third-order valence-corrected chi connectivity index (χ3v) is 5.54. The second kappa shape index (κ2) is 6.92.